The van der Waals surface area contributed by atoms with Crippen LogP contribution >= 0.6 is 0 Å². The Morgan fingerprint density at radius 2 is 2.21 bits per heavy atom. The molecule has 24 heavy (non-hydrogen) atoms. The first-order valence-corrected chi connectivity index (χ1v) is 7.66. The van der Waals surface area contributed by atoms with Crippen molar-refractivity contribution >= 4 is 12.2 Å². The molecular formula is C16H20N4O4. The van der Waals surface area contributed by atoms with Gasteiger partial charge in [-0.25, -0.2) is 9.79 Å². The normalized spacial score (nSPS) is 11.1. The highest BCUT2D eigenvalue weighted by molar-refractivity contribution is 5.53. The molecule has 8 heteroatoms. The van der Waals surface area contributed by atoms with Gasteiger partial charge in [-0.3, -0.25) is 18.9 Å². The van der Waals surface area contributed by atoms with Gasteiger partial charge in [0.2, 0.25) is 0 Å². The monoisotopic (exact) mass is 332 g/mol. The number of aliphatic hydroxyl groups is 1. The summed E-state index contributed by atoms with van der Waals surface area (Å²) in [6, 6.07) is 4.88. The highest BCUT2D eigenvalue weighted by atomic mass is 16.5. The first kappa shape index (κ1) is 17.6. The van der Waals surface area contributed by atoms with Gasteiger partial charge < -0.3 is 9.84 Å². The van der Waals surface area contributed by atoms with Gasteiger partial charge in [0.05, 0.1) is 13.2 Å². The largest absolute Gasteiger partial charge is 0.483 e. The van der Waals surface area contributed by atoms with Crippen LogP contribution in [0, 0.1) is 0 Å². The Labute approximate surface area is 138 Å². The fourth-order valence-corrected chi connectivity index (χ4v) is 2.13. The van der Waals surface area contributed by atoms with E-state index in [-0.39, 0.29) is 25.5 Å². The van der Waals surface area contributed by atoms with Crippen LogP contribution in [0.5, 0.6) is 0 Å². The maximum absolute atomic E-state index is 12.7. The van der Waals surface area contributed by atoms with Gasteiger partial charge in [0.25, 0.3) is 5.56 Å². The Balaban J connectivity index is 2.49. The summed E-state index contributed by atoms with van der Waals surface area (Å²) >= 11 is 0. The molecule has 0 bridgehead atoms. The zero-order valence-corrected chi connectivity index (χ0v) is 13.5. The average molecular weight is 332 g/mol. The first-order valence-electron chi connectivity index (χ1n) is 7.66. The number of aliphatic hydroxyl groups excluding tert-OH is 1. The lowest BCUT2D eigenvalue weighted by molar-refractivity contribution is 0.277. The Hall–Kier alpha value is -2.74. The predicted molar refractivity (Wildman–Crippen MR) is 89.8 cm³/mol. The Kier molecular flexibility index (Phi) is 6.44. The quantitative estimate of drug-likeness (QED) is 0.562. The summed E-state index contributed by atoms with van der Waals surface area (Å²) < 4.78 is 7.53. The summed E-state index contributed by atoms with van der Waals surface area (Å²) in [5, 5.41) is 8.94. The molecule has 8 nitrogen and oxygen atoms in total. The van der Waals surface area contributed by atoms with Crippen LogP contribution in [-0.4, -0.2) is 38.8 Å². The maximum atomic E-state index is 12.7. The molecule has 128 valence electrons. The molecule has 0 saturated carbocycles. The fraction of sp³-hybridized carbons (Fsp3) is 0.375. The number of pyridine rings is 1. The molecule has 0 aliphatic rings. The Morgan fingerprint density at radius 1 is 1.38 bits per heavy atom. The van der Waals surface area contributed by atoms with E-state index >= 15 is 0 Å². The molecule has 0 fully saturated rings. The molecule has 2 aromatic rings. The number of aliphatic imine (C=N–C) groups is 1. The van der Waals surface area contributed by atoms with Crippen molar-refractivity contribution < 1.29 is 9.84 Å². The second-order valence-corrected chi connectivity index (χ2v) is 4.99. The number of hydrogen-bond acceptors (Lipinski definition) is 6. The molecule has 0 aliphatic carbocycles. The van der Waals surface area contributed by atoms with Gasteiger partial charge in [-0.05, 0) is 25.0 Å². The minimum atomic E-state index is -0.483. The molecule has 2 rings (SSSR count). The molecule has 0 aromatic carbocycles. The van der Waals surface area contributed by atoms with Crippen molar-refractivity contribution in [3.63, 3.8) is 0 Å². The molecule has 0 radical (unpaired) electrons. The van der Waals surface area contributed by atoms with Crippen LogP contribution in [0.25, 0.3) is 0 Å². The van der Waals surface area contributed by atoms with E-state index in [0.29, 0.717) is 13.0 Å². The summed E-state index contributed by atoms with van der Waals surface area (Å²) in [4.78, 5) is 32.9. The number of rotatable bonds is 8. The van der Waals surface area contributed by atoms with Crippen molar-refractivity contribution in [1.82, 2.24) is 14.1 Å². The van der Waals surface area contributed by atoms with Gasteiger partial charge in [0.1, 0.15) is 5.82 Å². The summed E-state index contributed by atoms with van der Waals surface area (Å²) in [6.45, 7) is 2.52. The lowest BCUT2D eigenvalue weighted by atomic mass is 10.3. The molecule has 0 unspecified atom stereocenters. The van der Waals surface area contributed by atoms with Crippen molar-refractivity contribution in [1.29, 1.82) is 0 Å². The van der Waals surface area contributed by atoms with E-state index in [1.165, 1.54) is 17.0 Å². The highest BCUT2D eigenvalue weighted by Gasteiger charge is 2.11. The second-order valence-electron chi connectivity index (χ2n) is 4.99. The van der Waals surface area contributed by atoms with Crippen molar-refractivity contribution in [2.45, 2.75) is 26.4 Å². The number of hydrogen-bond donors (Lipinski definition) is 1. The average Bonchev–Trinajstić information content (AvgIpc) is 2.59. The molecule has 0 atom stereocenters. The summed E-state index contributed by atoms with van der Waals surface area (Å²) in [6.07, 6.45) is 4.82. The number of nitrogens with zero attached hydrogens (tertiary/aromatic N) is 4. The van der Waals surface area contributed by atoms with Crippen LogP contribution in [-0.2, 0) is 17.8 Å². The molecule has 0 saturated heterocycles. The lowest BCUT2D eigenvalue weighted by Crippen LogP contribution is -2.39. The van der Waals surface area contributed by atoms with Crippen LogP contribution in [0.4, 0.5) is 5.82 Å². The fourth-order valence-electron chi connectivity index (χ4n) is 2.13. The molecule has 1 N–H and O–H groups in total. The zero-order valence-electron chi connectivity index (χ0n) is 13.5. The summed E-state index contributed by atoms with van der Waals surface area (Å²) in [5.74, 6) is 0.211. The molecule has 0 spiro atoms. The van der Waals surface area contributed by atoms with Crippen molar-refractivity contribution in [3.8, 4) is 0 Å². The smallest absolute Gasteiger partial charge is 0.332 e. The third-order valence-corrected chi connectivity index (χ3v) is 3.29. The van der Waals surface area contributed by atoms with E-state index < -0.39 is 11.2 Å². The highest BCUT2D eigenvalue weighted by Crippen LogP contribution is 2.09. The van der Waals surface area contributed by atoms with Crippen molar-refractivity contribution in [2.75, 3.05) is 13.2 Å². The van der Waals surface area contributed by atoms with E-state index in [1.807, 2.05) is 13.0 Å². The van der Waals surface area contributed by atoms with Gasteiger partial charge in [0.15, 0.2) is 6.40 Å². The Morgan fingerprint density at radius 3 is 2.88 bits per heavy atom. The lowest BCUT2D eigenvalue weighted by Gasteiger charge is -2.12. The van der Waals surface area contributed by atoms with Crippen LogP contribution in [0.1, 0.15) is 18.9 Å². The number of ether oxygens (including phenoxy) is 1. The van der Waals surface area contributed by atoms with Crippen molar-refractivity contribution in [3.05, 3.63) is 57.0 Å². The predicted octanol–water partition coefficient (Wildman–Crippen LogP) is 0.532. The third-order valence-electron chi connectivity index (χ3n) is 3.29. The van der Waals surface area contributed by atoms with Gasteiger partial charge in [-0.15, -0.1) is 0 Å². The van der Waals surface area contributed by atoms with Gasteiger partial charge in [-0.1, -0.05) is 6.07 Å². The topological polar surface area (TPSA) is 98.7 Å². The third kappa shape index (κ3) is 4.39. The first-order chi connectivity index (χ1) is 11.7. The minimum absolute atomic E-state index is 0.0985. The van der Waals surface area contributed by atoms with E-state index in [1.54, 1.807) is 18.5 Å². The molecule has 2 aromatic heterocycles. The molecule has 0 aliphatic heterocycles. The molecular weight excluding hydrogens is 312 g/mol. The van der Waals surface area contributed by atoms with E-state index in [4.69, 9.17) is 9.84 Å². The summed E-state index contributed by atoms with van der Waals surface area (Å²) in [7, 11) is 0. The standard InChI is InChI=1S/C16H20N4O4/c1-2-24-12-18-14-9-15(22)19(7-4-8-21)16(23)20(14)11-13-5-3-6-17-10-13/h3,5-6,9-10,12,21H,2,4,7-8,11H2,1H3/b18-12+. The van der Waals surface area contributed by atoms with E-state index in [9.17, 15) is 9.59 Å². The van der Waals surface area contributed by atoms with Crippen LogP contribution < -0.4 is 11.2 Å². The van der Waals surface area contributed by atoms with Crippen molar-refractivity contribution in [2.24, 2.45) is 4.99 Å². The minimum Gasteiger partial charge on any atom is -0.483 e. The van der Waals surface area contributed by atoms with E-state index in [0.717, 1.165) is 10.1 Å². The maximum Gasteiger partial charge on any atom is 0.332 e. The van der Waals surface area contributed by atoms with E-state index in [2.05, 4.69) is 9.98 Å². The Bertz CT molecular complexity index is 796. The second kappa shape index (κ2) is 8.78. The van der Waals surface area contributed by atoms with Gasteiger partial charge in [0, 0.05) is 31.6 Å². The molecule has 0 amide bonds. The van der Waals surface area contributed by atoms with Crippen LogP contribution in [0.2, 0.25) is 0 Å². The SMILES string of the molecule is CCO/C=N/c1cc(=O)n(CCCO)c(=O)n1Cc1cccnc1. The van der Waals surface area contributed by atoms with Crippen LogP contribution in [0.3, 0.4) is 0 Å². The van der Waals surface area contributed by atoms with Gasteiger partial charge >= 0.3 is 5.69 Å². The van der Waals surface area contributed by atoms with Gasteiger partial charge in [-0.2, -0.15) is 0 Å². The van der Waals surface area contributed by atoms with Crippen LogP contribution in [0.15, 0.2) is 45.2 Å². The summed E-state index contributed by atoms with van der Waals surface area (Å²) in [5.41, 5.74) is -0.136. The molecule has 2 heterocycles. The zero-order chi connectivity index (χ0) is 17.4. The number of aromatic nitrogens is 3.